The van der Waals surface area contributed by atoms with Crippen LogP contribution in [0.3, 0.4) is 0 Å². The van der Waals surface area contributed by atoms with Gasteiger partial charge in [-0.25, -0.2) is 12.7 Å². The Morgan fingerprint density at radius 3 is 2.31 bits per heavy atom. The smallest absolute Gasteiger partial charge is 0.266 e. The number of H-pyrrole nitrogens is 1. The van der Waals surface area contributed by atoms with Gasteiger partial charge in [0, 0.05) is 42.9 Å². The second-order valence-corrected chi connectivity index (χ2v) is 17.2. The molecule has 5 atom stereocenters. The molecule has 4 heterocycles. The van der Waals surface area contributed by atoms with E-state index < -0.39 is 49.8 Å². The average molecular weight is 749 g/mol. The molecule has 268 valence electrons. The van der Waals surface area contributed by atoms with E-state index in [4.69, 9.17) is 0 Å². The fourth-order valence-electron chi connectivity index (χ4n) is 7.47. The van der Waals surface area contributed by atoms with Crippen molar-refractivity contribution >= 4 is 75.3 Å². The van der Waals surface area contributed by atoms with Crippen LogP contribution < -0.4 is 14.9 Å². The van der Waals surface area contributed by atoms with Crippen molar-refractivity contribution in [3.05, 3.63) is 94.6 Å². The number of thioether (sulfide) groups is 2. The number of hydrogen-bond donors (Lipinski definition) is 2. The number of piperazine rings is 1. The first-order valence-corrected chi connectivity index (χ1v) is 20.0. The van der Waals surface area contributed by atoms with Crippen molar-refractivity contribution in [1.82, 2.24) is 14.8 Å². The fraction of sp³-hybridized carbons (Fsp3) is 0.351. The number of benzene rings is 2. The Morgan fingerprint density at radius 2 is 1.65 bits per heavy atom. The Hall–Kier alpha value is -4.11. The molecule has 2 N–H and O–H groups in total. The summed E-state index contributed by atoms with van der Waals surface area (Å²) < 4.78 is 31.2. The summed E-state index contributed by atoms with van der Waals surface area (Å²) in [5.74, 6) is -1.15. The second kappa shape index (κ2) is 13.8. The molecule has 2 aromatic carbocycles. The third-order valence-electron chi connectivity index (χ3n) is 9.78. The molecule has 51 heavy (non-hydrogen) atoms. The molecule has 3 aromatic rings. The number of Topliss-reactive ketones (excluding diaryl/α,β-unsaturated/α-hetero) is 2. The fourth-order valence-corrected chi connectivity index (χ4v) is 12.0. The van der Waals surface area contributed by atoms with Crippen LogP contribution in [0.1, 0.15) is 44.7 Å². The maximum absolute atomic E-state index is 15.2. The van der Waals surface area contributed by atoms with Gasteiger partial charge in [-0.3, -0.25) is 24.1 Å². The lowest BCUT2D eigenvalue weighted by atomic mass is 9.70. The van der Waals surface area contributed by atoms with E-state index in [1.807, 2.05) is 19.1 Å². The summed E-state index contributed by atoms with van der Waals surface area (Å²) in [6, 6.07) is 14.6. The Bertz CT molecular complexity index is 2150. The molecule has 0 unspecified atom stereocenters. The van der Waals surface area contributed by atoms with Gasteiger partial charge in [0.25, 0.3) is 21.8 Å². The summed E-state index contributed by atoms with van der Waals surface area (Å²) in [4.78, 5) is 58.0. The summed E-state index contributed by atoms with van der Waals surface area (Å²) in [7, 11) is -2.99. The van der Waals surface area contributed by atoms with Crippen LogP contribution in [-0.4, -0.2) is 92.8 Å². The SMILES string of the molecule is C=c1c([C@@]23c4ccccc4N(S(=O)(=O)c4ccccc4)[C@@H]2N2C(=O)[C@@H](SCCC(C)=O)N(C)C(=O)[C@@]2(SCCC(C)=O)[C@H]3O)c[nH]/c1=C/C=C\C. The first-order chi connectivity index (χ1) is 24.3. The zero-order chi connectivity index (χ0) is 36.9. The molecular weight excluding hydrogens is 709 g/mol. The molecule has 0 spiro atoms. The summed E-state index contributed by atoms with van der Waals surface area (Å²) >= 11 is 2.07. The largest absolute Gasteiger partial charge is 0.388 e. The number of aromatic nitrogens is 1. The number of aliphatic hydroxyl groups excluding tert-OH is 1. The topological polar surface area (TPSA) is 148 Å². The van der Waals surface area contributed by atoms with Crippen LogP contribution in [0.2, 0.25) is 0 Å². The van der Waals surface area contributed by atoms with E-state index >= 15 is 9.59 Å². The van der Waals surface area contributed by atoms with Crippen molar-refractivity contribution in [2.24, 2.45) is 0 Å². The number of sulfonamides is 1. The lowest BCUT2D eigenvalue weighted by Gasteiger charge is -2.50. The number of nitrogens with zero attached hydrogens (tertiary/aromatic N) is 3. The summed E-state index contributed by atoms with van der Waals surface area (Å²) in [6.07, 6.45) is 4.10. The molecule has 14 heteroatoms. The minimum absolute atomic E-state index is 0.0434. The maximum atomic E-state index is 15.2. The zero-order valence-electron chi connectivity index (χ0n) is 28.7. The van der Waals surface area contributed by atoms with Gasteiger partial charge < -0.3 is 15.0 Å². The van der Waals surface area contributed by atoms with E-state index in [9.17, 15) is 23.1 Å². The number of carbonyl (C=O) groups is 4. The normalized spacial score (nSPS) is 26.2. The van der Waals surface area contributed by atoms with Gasteiger partial charge >= 0.3 is 0 Å². The number of allylic oxidation sites excluding steroid dienone is 2. The van der Waals surface area contributed by atoms with E-state index in [0.29, 0.717) is 21.7 Å². The molecule has 1 aromatic heterocycles. The van der Waals surface area contributed by atoms with E-state index in [-0.39, 0.29) is 46.5 Å². The average Bonchev–Trinajstić information content (AvgIpc) is 3.69. The highest BCUT2D eigenvalue weighted by Crippen LogP contribution is 2.64. The van der Waals surface area contributed by atoms with Crippen LogP contribution in [-0.2, 0) is 34.6 Å². The molecule has 0 saturated carbocycles. The Labute approximate surface area is 305 Å². The number of aromatic amines is 1. The van der Waals surface area contributed by atoms with Crippen molar-refractivity contribution in [2.75, 3.05) is 22.9 Å². The van der Waals surface area contributed by atoms with Crippen LogP contribution in [0.4, 0.5) is 5.69 Å². The molecule has 3 aliphatic heterocycles. The Kier molecular flexibility index (Phi) is 9.92. The van der Waals surface area contributed by atoms with Crippen LogP contribution in [0.5, 0.6) is 0 Å². The lowest BCUT2D eigenvalue weighted by Crippen LogP contribution is -2.72. The molecular formula is C37H40N4O7S3. The number of nitrogens with one attached hydrogen (secondary N) is 1. The number of anilines is 1. The van der Waals surface area contributed by atoms with Gasteiger partial charge in [-0.2, -0.15) is 0 Å². The van der Waals surface area contributed by atoms with E-state index in [1.54, 1.807) is 54.7 Å². The van der Waals surface area contributed by atoms with Crippen molar-refractivity contribution < 1.29 is 32.7 Å². The molecule has 2 saturated heterocycles. The van der Waals surface area contributed by atoms with Crippen LogP contribution in [0.15, 0.2) is 77.8 Å². The van der Waals surface area contributed by atoms with Crippen molar-refractivity contribution in [3.8, 4) is 0 Å². The zero-order valence-corrected chi connectivity index (χ0v) is 31.2. The van der Waals surface area contributed by atoms with Gasteiger partial charge in [-0.15, -0.1) is 23.5 Å². The summed E-state index contributed by atoms with van der Waals surface area (Å²) in [5, 5.41) is 13.1. The number of fused-ring (bicyclic) bond motifs is 5. The molecule has 3 aliphatic rings. The number of aliphatic hydroxyl groups is 1. The third-order valence-corrected chi connectivity index (χ3v) is 14.3. The molecule has 2 amide bonds. The summed E-state index contributed by atoms with van der Waals surface area (Å²) in [5.41, 5.74) is -0.678. The lowest BCUT2D eigenvalue weighted by molar-refractivity contribution is -0.160. The molecule has 6 rings (SSSR count). The minimum atomic E-state index is -4.47. The second-order valence-electron chi connectivity index (χ2n) is 12.9. The van der Waals surface area contributed by atoms with Crippen LogP contribution >= 0.6 is 23.5 Å². The van der Waals surface area contributed by atoms with Gasteiger partial charge in [-0.1, -0.05) is 55.1 Å². The number of carbonyl (C=O) groups excluding carboxylic acids is 4. The molecule has 0 bridgehead atoms. The molecule has 11 nitrogen and oxygen atoms in total. The number of ketones is 2. The Balaban J connectivity index is 1.71. The van der Waals surface area contributed by atoms with Crippen LogP contribution in [0.25, 0.3) is 12.7 Å². The standard InChI is InChI=1S/C37H40N4O7S3/c1-6-7-16-29-25(4)28(22-38-29)36-27-15-11-12-17-30(27)41(51(47,48)26-13-9-8-10-14-26)34(36)40-31(44)32(49-20-18-23(2)42)39(5)35(46)37(40,33(36)45)50-21-19-24(3)43/h6-17,22,32-34,38,45H,4,18-21H2,1-3,5H3/b7-6-,29-16+/t32-,33+,34+,36-,37+/m1/s1. The first kappa shape index (κ1) is 36.7. The number of likely N-dealkylation sites (N-methyl/N-ethyl adjacent to an activating group) is 1. The monoisotopic (exact) mass is 748 g/mol. The number of rotatable bonds is 12. The predicted molar refractivity (Wildman–Crippen MR) is 200 cm³/mol. The van der Waals surface area contributed by atoms with Gasteiger partial charge in [0.1, 0.15) is 23.8 Å². The van der Waals surface area contributed by atoms with E-state index in [1.165, 1.54) is 47.1 Å². The van der Waals surface area contributed by atoms with Gasteiger partial charge in [0.2, 0.25) is 0 Å². The first-order valence-electron chi connectivity index (χ1n) is 16.5. The number of hydrogen-bond acceptors (Lipinski definition) is 9. The van der Waals surface area contributed by atoms with Gasteiger partial charge in [-0.05, 0) is 61.4 Å². The predicted octanol–water partition coefficient (Wildman–Crippen LogP) is 2.72. The number of amides is 2. The molecule has 0 aliphatic carbocycles. The molecule has 0 radical (unpaired) electrons. The maximum Gasteiger partial charge on any atom is 0.266 e. The highest BCUT2D eigenvalue weighted by atomic mass is 32.2. The van der Waals surface area contributed by atoms with Gasteiger partial charge in [0.15, 0.2) is 10.2 Å². The highest BCUT2D eigenvalue weighted by molar-refractivity contribution is 8.01. The van der Waals surface area contributed by atoms with E-state index in [0.717, 1.165) is 23.5 Å². The highest BCUT2D eigenvalue weighted by Gasteiger charge is 2.80. The Morgan fingerprint density at radius 1 is 1.00 bits per heavy atom. The van der Waals surface area contributed by atoms with Crippen molar-refractivity contribution in [3.63, 3.8) is 0 Å². The van der Waals surface area contributed by atoms with E-state index in [2.05, 4.69) is 11.6 Å². The third kappa shape index (κ3) is 5.49. The summed E-state index contributed by atoms with van der Waals surface area (Å²) in [6.45, 7) is 9.09. The van der Waals surface area contributed by atoms with Crippen molar-refractivity contribution in [2.45, 2.75) is 66.4 Å². The van der Waals surface area contributed by atoms with Crippen LogP contribution in [0, 0.1) is 0 Å². The minimum Gasteiger partial charge on any atom is -0.388 e. The quantitative estimate of drug-likeness (QED) is 0.286. The van der Waals surface area contributed by atoms with Crippen molar-refractivity contribution in [1.29, 1.82) is 0 Å². The molecule has 2 fully saturated rings. The number of para-hydroxylation sites is 1. The van der Waals surface area contributed by atoms with Gasteiger partial charge in [0.05, 0.1) is 16.0 Å².